The van der Waals surface area contributed by atoms with E-state index in [4.69, 9.17) is 9.47 Å². The monoisotopic (exact) mass is 250 g/mol. The van der Waals surface area contributed by atoms with Crippen molar-refractivity contribution in [1.29, 1.82) is 0 Å². The Morgan fingerprint density at radius 1 is 1.17 bits per heavy atom. The van der Waals surface area contributed by atoms with Gasteiger partial charge < -0.3 is 14.4 Å². The van der Waals surface area contributed by atoms with Crippen LogP contribution in [-0.4, -0.2) is 38.4 Å². The van der Waals surface area contributed by atoms with Gasteiger partial charge in [-0.2, -0.15) is 0 Å². The van der Waals surface area contributed by atoms with E-state index in [1.54, 1.807) is 4.90 Å². The summed E-state index contributed by atoms with van der Waals surface area (Å²) >= 11 is 0. The van der Waals surface area contributed by atoms with Crippen LogP contribution in [0.25, 0.3) is 0 Å². The number of hydrogen-bond acceptors (Lipinski definition) is 2. The Kier molecular flexibility index (Phi) is 4.61. The highest BCUT2D eigenvalue weighted by atomic mass is 16.5. The van der Waals surface area contributed by atoms with Crippen LogP contribution in [0.5, 0.6) is 5.75 Å². The topological polar surface area (TPSA) is 22.9 Å². The molecule has 3 nitrogen and oxygen atoms in total. The second-order valence-electron chi connectivity index (χ2n) is 5.33. The lowest BCUT2D eigenvalue weighted by atomic mass is 10.2. The van der Waals surface area contributed by atoms with Crippen LogP contribution in [0.2, 0.25) is 0 Å². The lowest BCUT2D eigenvalue weighted by molar-refractivity contribution is -0.915. The van der Waals surface area contributed by atoms with Crippen LogP contribution in [0.1, 0.15) is 19.4 Å². The normalized spacial score (nSPS) is 28.1. The van der Waals surface area contributed by atoms with Gasteiger partial charge in [0.2, 0.25) is 0 Å². The molecule has 0 saturated carbocycles. The van der Waals surface area contributed by atoms with Crippen molar-refractivity contribution in [3.8, 4) is 5.75 Å². The fraction of sp³-hybridized carbons (Fsp3) is 0.600. The molecule has 0 aromatic heterocycles. The first kappa shape index (κ1) is 13.4. The molecule has 1 saturated heterocycles. The van der Waals surface area contributed by atoms with Gasteiger partial charge in [-0.3, -0.25) is 0 Å². The first-order valence-electron chi connectivity index (χ1n) is 6.82. The fourth-order valence-corrected chi connectivity index (χ4v) is 2.54. The molecular formula is C15H24NO2+. The summed E-state index contributed by atoms with van der Waals surface area (Å²) in [6.45, 7) is 10.4. The molecule has 1 aromatic rings. The first-order valence-corrected chi connectivity index (χ1v) is 6.82. The van der Waals surface area contributed by atoms with Crippen molar-refractivity contribution in [3.63, 3.8) is 0 Å². The maximum Gasteiger partial charge on any atom is 0.137 e. The number of aryl methyl sites for hydroxylation is 1. The molecule has 0 aliphatic carbocycles. The highest BCUT2D eigenvalue weighted by Crippen LogP contribution is 2.10. The lowest BCUT2D eigenvalue weighted by Crippen LogP contribution is -3.16. The van der Waals surface area contributed by atoms with Crippen molar-refractivity contribution < 1.29 is 14.4 Å². The van der Waals surface area contributed by atoms with Gasteiger partial charge in [0.25, 0.3) is 0 Å². The Morgan fingerprint density at radius 2 is 1.78 bits per heavy atom. The van der Waals surface area contributed by atoms with E-state index in [9.17, 15) is 0 Å². The average molecular weight is 250 g/mol. The van der Waals surface area contributed by atoms with Crippen LogP contribution in [0.15, 0.2) is 24.3 Å². The molecule has 0 unspecified atom stereocenters. The summed E-state index contributed by atoms with van der Waals surface area (Å²) in [4.78, 5) is 1.58. The maximum atomic E-state index is 5.77. The molecule has 2 rings (SSSR count). The summed E-state index contributed by atoms with van der Waals surface area (Å²) in [5.74, 6) is 0.967. The molecule has 0 amide bonds. The Labute approximate surface area is 110 Å². The minimum absolute atomic E-state index is 0.364. The summed E-state index contributed by atoms with van der Waals surface area (Å²) in [7, 11) is 0. The molecule has 0 spiro atoms. The van der Waals surface area contributed by atoms with E-state index in [1.807, 2.05) is 12.1 Å². The van der Waals surface area contributed by atoms with E-state index in [0.717, 1.165) is 32.0 Å². The van der Waals surface area contributed by atoms with Crippen LogP contribution in [0.3, 0.4) is 0 Å². The third kappa shape index (κ3) is 4.00. The number of rotatable bonds is 4. The Morgan fingerprint density at radius 3 is 2.39 bits per heavy atom. The van der Waals surface area contributed by atoms with Gasteiger partial charge in [0, 0.05) is 0 Å². The molecule has 0 bridgehead atoms. The molecule has 1 aromatic carbocycles. The smallest absolute Gasteiger partial charge is 0.137 e. The summed E-state index contributed by atoms with van der Waals surface area (Å²) < 4.78 is 11.5. The maximum absolute atomic E-state index is 5.77. The summed E-state index contributed by atoms with van der Waals surface area (Å²) in [5, 5.41) is 0. The van der Waals surface area contributed by atoms with Crippen LogP contribution in [-0.2, 0) is 4.74 Å². The SMILES string of the molecule is Cc1ccc(OCC[NH+]2C[C@H](C)O[C@@H](C)C2)cc1. The molecular weight excluding hydrogens is 226 g/mol. The van der Waals surface area contributed by atoms with E-state index < -0.39 is 0 Å². The third-order valence-corrected chi connectivity index (χ3v) is 3.36. The largest absolute Gasteiger partial charge is 0.488 e. The number of nitrogens with one attached hydrogen (secondary N) is 1. The molecule has 3 heteroatoms. The number of benzene rings is 1. The quantitative estimate of drug-likeness (QED) is 0.864. The number of morpholine rings is 1. The first-order chi connectivity index (χ1) is 8.63. The van der Waals surface area contributed by atoms with Crippen molar-refractivity contribution in [1.82, 2.24) is 0 Å². The van der Waals surface area contributed by atoms with Crippen molar-refractivity contribution in [2.45, 2.75) is 33.0 Å². The molecule has 100 valence electrons. The summed E-state index contributed by atoms with van der Waals surface area (Å²) in [5.41, 5.74) is 1.27. The van der Waals surface area contributed by atoms with Crippen LogP contribution < -0.4 is 9.64 Å². The highest BCUT2D eigenvalue weighted by molar-refractivity contribution is 5.26. The second kappa shape index (κ2) is 6.21. The van der Waals surface area contributed by atoms with Crippen molar-refractivity contribution in [2.75, 3.05) is 26.2 Å². The summed E-state index contributed by atoms with van der Waals surface area (Å²) in [6.07, 6.45) is 0.728. The molecule has 1 fully saturated rings. The van der Waals surface area contributed by atoms with Gasteiger partial charge in [0.1, 0.15) is 44.2 Å². The van der Waals surface area contributed by atoms with E-state index in [0.29, 0.717) is 12.2 Å². The zero-order valence-electron chi connectivity index (χ0n) is 11.6. The lowest BCUT2D eigenvalue weighted by Gasteiger charge is -2.32. The van der Waals surface area contributed by atoms with Gasteiger partial charge in [0.15, 0.2) is 0 Å². The third-order valence-electron chi connectivity index (χ3n) is 3.36. The fourth-order valence-electron chi connectivity index (χ4n) is 2.54. The molecule has 1 aliphatic rings. The number of ether oxygens (including phenoxy) is 2. The molecule has 0 radical (unpaired) electrons. The van der Waals surface area contributed by atoms with Crippen molar-refractivity contribution in [2.24, 2.45) is 0 Å². The summed E-state index contributed by atoms with van der Waals surface area (Å²) in [6, 6.07) is 8.24. The van der Waals surface area contributed by atoms with Gasteiger partial charge in [-0.15, -0.1) is 0 Å². The van der Waals surface area contributed by atoms with Gasteiger partial charge in [-0.25, -0.2) is 0 Å². The van der Waals surface area contributed by atoms with E-state index in [2.05, 4.69) is 32.9 Å². The minimum atomic E-state index is 0.364. The van der Waals surface area contributed by atoms with Crippen molar-refractivity contribution >= 4 is 0 Å². The predicted molar refractivity (Wildman–Crippen MR) is 72.2 cm³/mol. The van der Waals surface area contributed by atoms with Gasteiger partial charge in [-0.1, -0.05) is 17.7 Å². The van der Waals surface area contributed by atoms with Gasteiger partial charge in [0.05, 0.1) is 0 Å². The molecule has 1 aliphatic heterocycles. The highest BCUT2D eigenvalue weighted by Gasteiger charge is 2.25. The molecule has 1 heterocycles. The molecule has 18 heavy (non-hydrogen) atoms. The Hall–Kier alpha value is -1.06. The predicted octanol–water partition coefficient (Wildman–Crippen LogP) is 1.07. The van der Waals surface area contributed by atoms with Crippen LogP contribution >= 0.6 is 0 Å². The van der Waals surface area contributed by atoms with Crippen molar-refractivity contribution in [3.05, 3.63) is 29.8 Å². The van der Waals surface area contributed by atoms with Gasteiger partial charge in [-0.05, 0) is 32.9 Å². The Balaban J connectivity index is 1.73. The van der Waals surface area contributed by atoms with Crippen LogP contribution in [0.4, 0.5) is 0 Å². The zero-order chi connectivity index (χ0) is 13.0. The zero-order valence-corrected chi connectivity index (χ0v) is 11.6. The van der Waals surface area contributed by atoms with Gasteiger partial charge >= 0.3 is 0 Å². The molecule has 2 atom stereocenters. The minimum Gasteiger partial charge on any atom is -0.488 e. The standard InChI is InChI=1S/C15H23NO2/c1-12-4-6-15(7-5-12)17-9-8-16-10-13(2)18-14(3)11-16/h4-7,13-14H,8-11H2,1-3H3/p+1/t13-,14-/m0/s1. The van der Waals surface area contributed by atoms with E-state index in [1.165, 1.54) is 5.56 Å². The van der Waals surface area contributed by atoms with E-state index >= 15 is 0 Å². The van der Waals surface area contributed by atoms with E-state index in [-0.39, 0.29) is 0 Å². The molecule has 1 N–H and O–H groups in total. The number of hydrogen-bond donors (Lipinski definition) is 1. The Bertz CT molecular complexity index is 353. The van der Waals surface area contributed by atoms with Crippen LogP contribution in [0, 0.1) is 6.92 Å². The average Bonchev–Trinajstić information content (AvgIpc) is 2.30. The second-order valence-corrected chi connectivity index (χ2v) is 5.33. The number of quaternary nitrogens is 1.